The molecular formula is C12H13F2NO2. The molecule has 0 aliphatic heterocycles. The third kappa shape index (κ3) is 1.91. The highest BCUT2D eigenvalue weighted by atomic mass is 19.2. The predicted molar refractivity (Wildman–Crippen MR) is 57.7 cm³/mol. The molecule has 0 spiro atoms. The van der Waals surface area contributed by atoms with Gasteiger partial charge < -0.3 is 10.8 Å². The summed E-state index contributed by atoms with van der Waals surface area (Å²) < 4.78 is 27.3. The highest BCUT2D eigenvalue weighted by Gasteiger charge is 2.35. The smallest absolute Gasteiger partial charge is 0.338 e. The van der Waals surface area contributed by atoms with E-state index < -0.39 is 28.7 Å². The van der Waals surface area contributed by atoms with Crippen LogP contribution in [0.4, 0.5) is 8.78 Å². The average Bonchev–Trinajstić information content (AvgIpc) is 2.69. The van der Waals surface area contributed by atoms with Gasteiger partial charge in [0.25, 0.3) is 0 Å². The largest absolute Gasteiger partial charge is 0.478 e. The molecule has 1 aliphatic rings. The minimum Gasteiger partial charge on any atom is -0.478 e. The molecule has 92 valence electrons. The Morgan fingerprint density at radius 2 is 1.82 bits per heavy atom. The van der Waals surface area contributed by atoms with Crippen molar-refractivity contribution in [3.05, 3.63) is 34.9 Å². The molecule has 0 saturated heterocycles. The van der Waals surface area contributed by atoms with Crippen molar-refractivity contribution in [3.63, 3.8) is 0 Å². The molecule has 0 unspecified atom stereocenters. The van der Waals surface area contributed by atoms with Gasteiger partial charge in [-0.1, -0.05) is 18.9 Å². The van der Waals surface area contributed by atoms with Crippen LogP contribution >= 0.6 is 0 Å². The Balaban J connectivity index is 2.51. The van der Waals surface area contributed by atoms with Crippen molar-refractivity contribution in [1.29, 1.82) is 0 Å². The summed E-state index contributed by atoms with van der Waals surface area (Å²) in [5.41, 5.74) is 4.58. The van der Waals surface area contributed by atoms with Crippen molar-refractivity contribution in [1.82, 2.24) is 0 Å². The average molecular weight is 241 g/mol. The zero-order valence-corrected chi connectivity index (χ0v) is 9.17. The predicted octanol–water partition coefficient (Wildman–Crippen LogP) is 2.39. The van der Waals surface area contributed by atoms with Gasteiger partial charge in [0.1, 0.15) is 0 Å². The number of carbonyl (C=O) groups is 1. The number of benzene rings is 1. The fourth-order valence-electron chi connectivity index (χ4n) is 2.37. The van der Waals surface area contributed by atoms with Crippen molar-refractivity contribution >= 4 is 5.97 Å². The van der Waals surface area contributed by atoms with Crippen molar-refractivity contribution in [3.8, 4) is 0 Å². The summed E-state index contributed by atoms with van der Waals surface area (Å²) in [6.07, 6.45) is 2.93. The van der Waals surface area contributed by atoms with Crippen LogP contribution in [-0.2, 0) is 5.54 Å². The van der Waals surface area contributed by atoms with Crippen LogP contribution in [0.2, 0.25) is 0 Å². The molecule has 2 rings (SSSR count). The van der Waals surface area contributed by atoms with Gasteiger partial charge in [-0.3, -0.25) is 0 Å². The van der Waals surface area contributed by atoms with Crippen molar-refractivity contribution < 1.29 is 18.7 Å². The SMILES string of the molecule is NC1(c2ccc(C(=O)O)c(F)c2F)CCCC1. The maximum atomic E-state index is 13.8. The number of carboxylic acid groups (broad SMARTS) is 1. The number of hydrogen-bond acceptors (Lipinski definition) is 2. The van der Waals surface area contributed by atoms with Crippen LogP contribution in [0, 0.1) is 11.6 Å². The van der Waals surface area contributed by atoms with Crippen LogP contribution in [0.25, 0.3) is 0 Å². The molecule has 3 N–H and O–H groups in total. The number of nitrogens with two attached hydrogens (primary N) is 1. The molecule has 1 saturated carbocycles. The van der Waals surface area contributed by atoms with Gasteiger partial charge in [0.05, 0.1) is 5.56 Å². The molecule has 1 aromatic rings. The Kier molecular flexibility index (Phi) is 2.87. The van der Waals surface area contributed by atoms with E-state index >= 15 is 0 Å². The molecule has 0 amide bonds. The topological polar surface area (TPSA) is 63.3 Å². The van der Waals surface area contributed by atoms with E-state index in [1.54, 1.807) is 0 Å². The van der Waals surface area contributed by atoms with Crippen molar-refractivity contribution in [2.24, 2.45) is 5.73 Å². The number of hydrogen-bond donors (Lipinski definition) is 2. The summed E-state index contributed by atoms with van der Waals surface area (Å²) in [6.45, 7) is 0. The lowest BCUT2D eigenvalue weighted by Crippen LogP contribution is -2.34. The van der Waals surface area contributed by atoms with Crippen molar-refractivity contribution in [2.75, 3.05) is 0 Å². The molecule has 1 aromatic carbocycles. The molecule has 17 heavy (non-hydrogen) atoms. The van der Waals surface area contributed by atoms with Crippen LogP contribution in [0.3, 0.4) is 0 Å². The highest BCUT2D eigenvalue weighted by Crippen LogP contribution is 2.38. The normalized spacial score (nSPS) is 18.3. The van der Waals surface area contributed by atoms with E-state index in [4.69, 9.17) is 10.8 Å². The molecule has 5 heteroatoms. The molecule has 1 fully saturated rings. The summed E-state index contributed by atoms with van der Waals surface area (Å²) in [4.78, 5) is 10.6. The number of carboxylic acids is 1. The van der Waals surface area contributed by atoms with E-state index in [2.05, 4.69) is 0 Å². The minimum atomic E-state index is -1.48. The Bertz CT molecular complexity index is 468. The second-order valence-electron chi connectivity index (χ2n) is 4.46. The van der Waals surface area contributed by atoms with Crippen LogP contribution in [0.1, 0.15) is 41.6 Å². The van der Waals surface area contributed by atoms with Gasteiger partial charge in [0, 0.05) is 11.1 Å². The van der Waals surface area contributed by atoms with Gasteiger partial charge in [0.2, 0.25) is 0 Å². The standard InChI is InChI=1S/C12H13F2NO2/c13-9-7(11(16)17)3-4-8(10(9)14)12(15)5-1-2-6-12/h3-4H,1-2,5-6,15H2,(H,16,17). The zero-order chi connectivity index (χ0) is 12.6. The van der Waals surface area contributed by atoms with Crippen LogP contribution in [0.15, 0.2) is 12.1 Å². The quantitative estimate of drug-likeness (QED) is 0.835. The summed E-state index contributed by atoms with van der Waals surface area (Å²) >= 11 is 0. The maximum Gasteiger partial charge on any atom is 0.338 e. The van der Waals surface area contributed by atoms with Gasteiger partial charge in [-0.05, 0) is 18.9 Å². The van der Waals surface area contributed by atoms with Crippen LogP contribution in [0.5, 0.6) is 0 Å². The summed E-state index contributed by atoms with van der Waals surface area (Å²) in [5, 5.41) is 8.67. The number of rotatable bonds is 2. The van der Waals surface area contributed by atoms with E-state index in [-0.39, 0.29) is 5.56 Å². The van der Waals surface area contributed by atoms with Gasteiger partial charge in [-0.25, -0.2) is 13.6 Å². The van der Waals surface area contributed by atoms with Crippen LogP contribution < -0.4 is 5.73 Å². The zero-order valence-electron chi connectivity index (χ0n) is 9.17. The first-order valence-electron chi connectivity index (χ1n) is 5.46. The lowest BCUT2D eigenvalue weighted by Gasteiger charge is -2.25. The Morgan fingerprint density at radius 3 is 2.35 bits per heavy atom. The van der Waals surface area contributed by atoms with E-state index in [0.717, 1.165) is 18.9 Å². The highest BCUT2D eigenvalue weighted by molar-refractivity contribution is 5.88. The van der Waals surface area contributed by atoms with Gasteiger partial charge in [-0.2, -0.15) is 0 Å². The van der Waals surface area contributed by atoms with Crippen LogP contribution in [-0.4, -0.2) is 11.1 Å². The first-order chi connectivity index (χ1) is 7.96. The molecule has 3 nitrogen and oxygen atoms in total. The molecule has 0 radical (unpaired) electrons. The number of aromatic carboxylic acids is 1. The molecule has 0 atom stereocenters. The summed E-state index contributed by atoms with van der Waals surface area (Å²) in [5.74, 6) is -3.94. The molecular weight excluding hydrogens is 228 g/mol. The lowest BCUT2D eigenvalue weighted by molar-refractivity contribution is 0.0690. The van der Waals surface area contributed by atoms with Gasteiger partial charge >= 0.3 is 5.97 Å². The van der Waals surface area contributed by atoms with E-state index in [1.165, 1.54) is 6.07 Å². The maximum absolute atomic E-state index is 13.8. The van der Waals surface area contributed by atoms with Crippen molar-refractivity contribution in [2.45, 2.75) is 31.2 Å². The Hall–Kier alpha value is -1.49. The third-order valence-electron chi connectivity index (χ3n) is 3.34. The minimum absolute atomic E-state index is 0.0810. The summed E-state index contributed by atoms with van der Waals surface area (Å²) in [6, 6.07) is 2.36. The fraction of sp³-hybridized carbons (Fsp3) is 0.417. The summed E-state index contributed by atoms with van der Waals surface area (Å²) in [7, 11) is 0. The monoisotopic (exact) mass is 241 g/mol. The molecule has 0 heterocycles. The van der Waals surface area contributed by atoms with E-state index in [9.17, 15) is 13.6 Å². The van der Waals surface area contributed by atoms with E-state index in [0.29, 0.717) is 12.8 Å². The fourth-order valence-corrected chi connectivity index (χ4v) is 2.37. The molecule has 0 aromatic heterocycles. The molecule has 1 aliphatic carbocycles. The molecule has 0 bridgehead atoms. The van der Waals surface area contributed by atoms with Gasteiger partial charge in [0.15, 0.2) is 11.6 Å². The number of halogens is 2. The Morgan fingerprint density at radius 1 is 1.24 bits per heavy atom. The van der Waals surface area contributed by atoms with E-state index in [1.807, 2.05) is 0 Å². The lowest BCUT2D eigenvalue weighted by atomic mass is 9.88. The second kappa shape index (κ2) is 4.07. The Labute approximate surface area is 97.2 Å². The third-order valence-corrected chi connectivity index (χ3v) is 3.34. The van der Waals surface area contributed by atoms with Gasteiger partial charge in [-0.15, -0.1) is 0 Å². The first kappa shape index (κ1) is 12.0. The second-order valence-corrected chi connectivity index (χ2v) is 4.46. The first-order valence-corrected chi connectivity index (χ1v) is 5.46.